The van der Waals surface area contributed by atoms with E-state index in [1.807, 2.05) is 0 Å². The van der Waals surface area contributed by atoms with Gasteiger partial charge < -0.3 is 24.0 Å². The number of para-hydroxylation sites is 1. The highest BCUT2D eigenvalue weighted by molar-refractivity contribution is 5.83. The number of carbonyl (C=O) groups is 1. The van der Waals surface area contributed by atoms with Gasteiger partial charge in [-0.1, -0.05) is 18.2 Å². The summed E-state index contributed by atoms with van der Waals surface area (Å²) in [5, 5.41) is 10.8. The molecule has 1 N–H and O–H groups in total. The molecule has 2 aliphatic heterocycles. The van der Waals surface area contributed by atoms with Crippen LogP contribution in [0.15, 0.2) is 48.8 Å². The van der Waals surface area contributed by atoms with Gasteiger partial charge in [-0.05, 0) is 36.8 Å². The van der Waals surface area contributed by atoms with Gasteiger partial charge in [-0.25, -0.2) is 19.3 Å². The van der Waals surface area contributed by atoms with E-state index in [4.69, 9.17) is 9.47 Å². The van der Waals surface area contributed by atoms with E-state index in [0.717, 1.165) is 12.8 Å². The van der Waals surface area contributed by atoms with Gasteiger partial charge in [0.25, 0.3) is 0 Å². The molecule has 2 aromatic carbocycles. The molecule has 0 unspecified atom stereocenters. The topological polar surface area (TPSA) is 103 Å². The molecule has 2 aromatic heterocycles. The number of hydrogen-bond donors (Lipinski definition) is 1. The molecule has 42 heavy (non-hydrogen) atoms. The van der Waals surface area contributed by atoms with Crippen LogP contribution in [-0.4, -0.2) is 57.4 Å². The van der Waals surface area contributed by atoms with Crippen molar-refractivity contribution in [3.8, 4) is 16.9 Å². The molecule has 1 aliphatic carbocycles. The monoisotopic (exact) mass is 579 g/mol. The molecule has 4 heterocycles. The second kappa shape index (κ2) is 10.3. The predicted octanol–water partition coefficient (Wildman–Crippen LogP) is 4.90. The minimum absolute atomic E-state index is 0.00906. The number of esters is 1. The minimum Gasteiger partial charge on any atom is -0.469 e. The molecule has 0 spiro atoms. The number of fused-ring (bicyclic) bond motifs is 5. The van der Waals surface area contributed by atoms with E-state index >= 15 is 4.39 Å². The summed E-state index contributed by atoms with van der Waals surface area (Å²) in [4.78, 5) is 27.9. The molecule has 3 aliphatic rings. The van der Waals surface area contributed by atoms with E-state index in [-0.39, 0.29) is 41.5 Å². The molecule has 12 heteroatoms. The molecule has 2 fully saturated rings. The van der Waals surface area contributed by atoms with Crippen LogP contribution in [0.1, 0.15) is 42.8 Å². The van der Waals surface area contributed by atoms with E-state index in [2.05, 4.69) is 19.9 Å². The Labute approximate surface area is 238 Å². The lowest BCUT2D eigenvalue weighted by Gasteiger charge is -2.36. The zero-order valence-corrected chi connectivity index (χ0v) is 22.7. The molecule has 5 atom stereocenters. The van der Waals surface area contributed by atoms with Crippen LogP contribution >= 0.6 is 0 Å². The molecule has 7 rings (SSSR count). The van der Waals surface area contributed by atoms with E-state index in [1.54, 1.807) is 41.2 Å². The van der Waals surface area contributed by atoms with Crippen LogP contribution in [0.4, 0.5) is 19.1 Å². The van der Waals surface area contributed by atoms with Crippen LogP contribution in [0, 0.1) is 23.6 Å². The van der Waals surface area contributed by atoms with E-state index in [9.17, 15) is 18.7 Å². The third-order valence-corrected chi connectivity index (χ3v) is 8.90. The first-order chi connectivity index (χ1) is 20.3. The number of halogens is 3. The van der Waals surface area contributed by atoms with Crippen molar-refractivity contribution in [1.29, 1.82) is 0 Å². The number of imidazole rings is 1. The van der Waals surface area contributed by atoms with Crippen LogP contribution in [0.25, 0.3) is 22.2 Å². The summed E-state index contributed by atoms with van der Waals surface area (Å²) in [7, 11) is 1.42. The Hall–Kier alpha value is -4.19. The third-order valence-electron chi connectivity index (χ3n) is 8.90. The lowest BCUT2D eigenvalue weighted by molar-refractivity contribution is -0.148. The number of benzene rings is 2. The van der Waals surface area contributed by atoms with Gasteiger partial charge in [0.1, 0.15) is 23.5 Å². The lowest BCUT2D eigenvalue weighted by atomic mass is 9.85. The normalized spacial score (nSPS) is 24.8. The second-order valence-corrected chi connectivity index (χ2v) is 11.2. The number of aromatic nitrogens is 4. The SMILES string of the molecule is COC(=O)[C@@H]1[C@@H]2CC[C@H]1CN(c1ncc(-c3cc4c(cc3F)nc3n4[C@@H](c4ccccc4OC(F)F)C[C@H]3O)cn1)C2. The molecule has 0 amide bonds. The molecule has 1 saturated carbocycles. The number of rotatable bonds is 6. The van der Waals surface area contributed by atoms with Gasteiger partial charge in [0.2, 0.25) is 5.95 Å². The van der Waals surface area contributed by atoms with Crippen LogP contribution < -0.4 is 9.64 Å². The van der Waals surface area contributed by atoms with Crippen molar-refractivity contribution in [2.24, 2.45) is 17.8 Å². The van der Waals surface area contributed by atoms with E-state index in [1.165, 1.54) is 19.2 Å². The zero-order valence-electron chi connectivity index (χ0n) is 22.7. The number of carbonyl (C=O) groups excluding carboxylic acids is 1. The van der Waals surface area contributed by atoms with Crippen molar-refractivity contribution in [1.82, 2.24) is 19.5 Å². The quantitative estimate of drug-likeness (QED) is 0.322. The van der Waals surface area contributed by atoms with Gasteiger partial charge in [0, 0.05) is 54.7 Å². The summed E-state index contributed by atoms with van der Waals surface area (Å²) in [6.45, 7) is -1.70. The molecule has 0 radical (unpaired) electrons. The first-order valence-electron chi connectivity index (χ1n) is 13.9. The second-order valence-electron chi connectivity index (χ2n) is 11.2. The number of alkyl halides is 2. The number of hydrogen-bond acceptors (Lipinski definition) is 8. The molecule has 9 nitrogen and oxygen atoms in total. The summed E-state index contributed by atoms with van der Waals surface area (Å²) >= 11 is 0. The number of aliphatic hydroxyl groups is 1. The average Bonchev–Trinajstić information content (AvgIpc) is 3.60. The molecular formula is C30H28F3N5O4. The number of methoxy groups -OCH3 is 1. The first kappa shape index (κ1) is 26.7. The van der Waals surface area contributed by atoms with Crippen LogP contribution in [0.5, 0.6) is 5.75 Å². The van der Waals surface area contributed by atoms with Crippen LogP contribution in [0.3, 0.4) is 0 Å². The fourth-order valence-electron chi connectivity index (χ4n) is 7.10. The van der Waals surface area contributed by atoms with Crippen molar-refractivity contribution in [2.75, 3.05) is 25.1 Å². The molecular weight excluding hydrogens is 551 g/mol. The van der Waals surface area contributed by atoms with Gasteiger partial charge in [-0.15, -0.1) is 0 Å². The molecule has 2 bridgehead atoms. The molecule has 218 valence electrons. The zero-order chi connectivity index (χ0) is 29.1. The minimum atomic E-state index is -3.01. The number of piperidine rings is 1. The lowest BCUT2D eigenvalue weighted by Crippen LogP contribution is -2.45. The Morgan fingerprint density at radius 1 is 1.10 bits per heavy atom. The van der Waals surface area contributed by atoms with Gasteiger partial charge in [0.15, 0.2) is 0 Å². The van der Waals surface area contributed by atoms with Crippen molar-refractivity contribution < 1.29 is 32.5 Å². The highest BCUT2D eigenvalue weighted by Gasteiger charge is 2.47. The smallest absolute Gasteiger partial charge is 0.387 e. The summed E-state index contributed by atoms with van der Waals surface area (Å²) in [5.74, 6) is 0.440. The van der Waals surface area contributed by atoms with Crippen LogP contribution in [0.2, 0.25) is 0 Å². The predicted molar refractivity (Wildman–Crippen MR) is 145 cm³/mol. The molecule has 4 aromatic rings. The Morgan fingerprint density at radius 2 is 1.81 bits per heavy atom. The van der Waals surface area contributed by atoms with Gasteiger partial charge in [0.05, 0.1) is 30.1 Å². The van der Waals surface area contributed by atoms with Gasteiger partial charge in [-0.3, -0.25) is 4.79 Å². The Balaban J connectivity index is 1.21. The standard InChI is InChI=1S/C30H28F3N5O4/c1-41-28(40)26-15-6-7-16(26)14-37(13-15)30-34-11-17(12-35-30)19-8-23-21(9-20(19)31)36-27-24(39)10-22(38(23)27)18-4-2-3-5-25(18)42-29(32)33/h2-5,8-9,11-12,15-16,22,24,26,29,39H,6-7,10,13-14H2,1H3/t15-,16+,22-,24-,26-/m1/s1. The highest BCUT2D eigenvalue weighted by atomic mass is 19.3. The van der Waals surface area contributed by atoms with Gasteiger partial charge in [-0.2, -0.15) is 8.78 Å². The highest BCUT2D eigenvalue weighted by Crippen LogP contribution is 2.45. The largest absolute Gasteiger partial charge is 0.469 e. The van der Waals surface area contributed by atoms with Crippen molar-refractivity contribution in [3.63, 3.8) is 0 Å². The molecule has 1 saturated heterocycles. The Bertz CT molecular complexity index is 1650. The third kappa shape index (κ3) is 4.36. The maximum absolute atomic E-state index is 15.4. The van der Waals surface area contributed by atoms with Crippen LogP contribution in [-0.2, 0) is 9.53 Å². The fourth-order valence-corrected chi connectivity index (χ4v) is 7.10. The summed E-state index contributed by atoms with van der Waals surface area (Å²) in [5.41, 5.74) is 2.05. The van der Waals surface area contributed by atoms with Gasteiger partial charge >= 0.3 is 12.6 Å². The van der Waals surface area contributed by atoms with Crippen molar-refractivity contribution >= 4 is 23.0 Å². The summed E-state index contributed by atoms with van der Waals surface area (Å²) in [6.07, 6.45) is 4.29. The summed E-state index contributed by atoms with van der Waals surface area (Å²) < 4.78 is 53.2. The fraction of sp³-hybridized carbons (Fsp3) is 0.400. The Morgan fingerprint density at radius 3 is 2.50 bits per heavy atom. The number of nitrogens with zero attached hydrogens (tertiary/aromatic N) is 5. The van der Waals surface area contributed by atoms with E-state index < -0.39 is 24.6 Å². The number of anilines is 1. The number of ether oxygens (including phenoxy) is 2. The number of aliphatic hydroxyl groups excluding tert-OH is 1. The first-order valence-corrected chi connectivity index (χ1v) is 13.9. The van der Waals surface area contributed by atoms with Crippen molar-refractivity contribution in [2.45, 2.75) is 38.0 Å². The van der Waals surface area contributed by atoms with Crippen molar-refractivity contribution in [3.05, 3.63) is 66.0 Å². The average molecular weight is 580 g/mol. The Kier molecular flexibility index (Phi) is 6.52. The maximum Gasteiger partial charge on any atom is 0.387 e. The maximum atomic E-state index is 15.4. The summed E-state index contributed by atoms with van der Waals surface area (Å²) in [6, 6.07) is 8.82. The van der Waals surface area contributed by atoms with E-state index in [0.29, 0.717) is 47.0 Å².